The van der Waals surface area contributed by atoms with Crippen molar-refractivity contribution < 1.29 is 14.4 Å². The van der Waals surface area contributed by atoms with Crippen LogP contribution in [-0.4, -0.2) is 47.2 Å². The Bertz CT molecular complexity index is 760. The predicted molar refractivity (Wildman–Crippen MR) is 89.8 cm³/mol. The highest BCUT2D eigenvalue weighted by Crippen LogP contribution is 2.17. The first-order valence-electron chi connectivity index (χ1n) is 7.47. The van der Waals surface area contributed by atoms with Crippen LogP contribution >= 0.6 is 11.3 Å². The van der Waals surface area contributed by atoms with Gasteiger partial charge < -0.3 is 10.2 Å². The van der Waals surface area contributed by atoms with Gasteiger partial charge in [-0.3, -0.25) is 19.7 Å². The smallest absolute Gasteiger partial charge is 0.257 e. The molecule has 3 amide bonds. The largest absolute Gasteiger partial charge is 0.353 e. The monoisotopic (exact) mass is 344 g/mol. The number of amides is 3. The maximum Gasteiger partial charge on any atom is 0.257 e. The van der Waals surface area contributed by atoms with E-state index in [-0.39, 0.29) is 30.7 Å². The zero-order valence-electron chi connectivity index (χ0n) is 12.8. The maximum atomic E-state index is 12.2. The molecule has 0 saturated carbocycles. The van der Waals surface area contributed by atoms with Crippen molar-refractivity contribution in [2.75, 3.05) is 25.0 Å². The van der Waals surface area contributed by atoms with Crippen molar-refractivity contribution in [2.24, 2.45) is 0 Å². The lowest BCUT2D eigenvalue weighted by Gasteiger charge is -2.26. The van der Waals surface area contributed by atoms with E-state index >= 15 is 0 Å². The zero-order chi connectivity index (χ0) is 16.9. The molecule has 0 bridgehead atoms. The van der Waals surface area contributed by atoms with Gasteiger partial charge in [0.1, 0.15) is 0 Å². The Morgan fingerprint density at radius 3 is 2.83 bits per heavy atom. The Balaban J connectivity index is 1.58. The Hall–Kier alpha value is -2.74. The van der Waals surface area contributed by atoms with Gasteiger partial charge in [0.05, 0.1) is 18.7 Å². The number of carbonyl (C=O) groups is 3. The van der Waals surface area contributed by atoms with Gasteiger partial charge in [0.25, 0.3) is 5.91 Å². The molecule has 0 spiro atoms. The van der Waals surface area contributed by atoms with Crippen molar-refractivity contribution in [3.63, 3.8) is 0 Å². The molecule has 0 radical (unpaired) electrons. The quantitative estimate of drug-likeness (QED) is 0.862. The van der Waals surface area contributed by atoms with E-state index in [1.807, 2.05) is 6.07 Å². The molecule has 1 aliphatic rings. The molecule has 2 heterocycles. The summed E-state index contributed by atoms with van der Waals surface area (Å²) in [5.74, 6) is -0.532. The first-order valence-corrected chi connectivity index (χ1v) is 8.35. The number of nitrogens with zero attached hydrogens (tertiary/aromatic N) is 2. The molecule has 1 aliphatic heterocycles. The third-order valence-electron chi connectivity index (χ3n) is 3.53. The number of aromatic nitrogens is 1. The molecule has 7 nitrogen and oxygen atoms in total. The predicted octanol–water partition coefficient (Wildman–Crippen LogP) is 0.896. The minimum atomic E-state index is -0.240. The lowest BCUT2D eigenvalue weighted by atomic mass is 10.2. The van der Waals surface area contributed by atoms with Crippen LogP contribution in [0, 0.1) is 0 Å². The second-order valence-corrected chi connectivity index (χ2v) is 6.16. The number of carbonyl (C=O) groups excluding carboxylic acids is 3. The fourth-order valence-corrected chi connectivity index (χ4v) is 3.03. The van der Waals surface area contributed by atoms with Crippen molar-refractivity contribution in [2.45, 2.75) is 6.42 Å². The first-order chi connectivity index (χ1) is 11.6. The van der Waals surface area contributed by atoms with E-state index in [4.69, 9.17) is 0 Å². The van der Waals surface area contributed by atoms with Crippen molar-refractivity contribution >= 4 is 34.2 Å². The number of thiazole rings is 1. The summed E-state index contributed by atoms with van der Waals surface area (Å²) >= 11 is 1.27. The molecule has 1 fully saturated rings. The second kappa shape index (κ2) is 7.22. The normalized spacial score (nSPS) is 14.2. The molecule has 0 unspecified atom stereocenters. The van der Waals surface area contributed by atoms with Crippen LogP contribution in [0.5, 0.6) is 0 Å². The Kier molecular flexibility index (Phi) is 4.85. The lowest BCUT2D eigenvalue weighted by molar-refractivity contribution is -0.137. The Morgan fingerprint density at radius 1 is 1.29 bits per heavy atom. The molecule has 124 valence electrons. The van der Waals surface area contributed by atoms with Crippen molar-refractivity contribution in [1.29, 1.82) is 0 Å². The van der Waals surface area contributed by atoms with Crippen LogP contribution in [0.4, 0.5) is 5.13 Å². The number of hydrogen-bond donors (Lipinski definition) is 2. The summed E-state index contributed by atoms with van der Waals surface area (Å²) in [6, 6.07) is 8.85. The zero-order valence-corrected chi connectivity index (χ0v) is 13.6. The van der Waals surface area contributed by atoms with Crippen LogP contribution < -0.4 is 10.6 Å². The molecule has 0 atom stereocenters. The molecule has 2 N–H and O–H groups in total. The fourth-order valence-electron chi connectivity index (χ4n) is 2.32. The van der Waals surface area contributed by atoms with Crippen LogP contribution in [0.3, 0.4) is 0 Å². The highest BCUT2D eigenvalue weighted by Gasteiger charge is 2.22. The molecule has 3 rings (SSSR count). The van der Waals surface area contributed by atoms with Crippen LogP contribution in [-0.2, 0) is 16.0 Å². The number of anilines is 1. The van der Waals surface area contributed by atoms with Crippen molar-refractivity contribution in [1.82, 2.24) is 15.2 Å². The average Bonchev–Trinajstić information content (AvgIpc) is 3.02. The van der Waals surface area contributed by atoms with E-state index in [9.17, 15) is 14.4 Å². The molecular formula is C16H16N4O3S. The molecule has 1 aromatic carbocycles. The van der Waals surface area contributed by atoms with Gasteiger partial charge in [0, 0.05) is 24.0 Å². The van der Waals surface area contributed by atoms with E-state index in [2.05, 4.69) is 15.6 Å². The molecular weight excluding hydrogens is 328 g/mol. The Morgan fingerprint density at radius 2 is 2.08 bits per heavy atom. The van der Waals surface area contributed by atoms with Crippen LogP contribution in [0.15, 0.2) is 35.7 Å². The first kappa shape index (κ1) is 16.1. The molecule has 8 heteroatoms. The fraction of sp³-hybridized carbons (Fsp3) is 0.250. The highest BCUT2D eigenvalue weighted by atomic mass is 32.1. The summed E-state index contributed by atoms with van der Waals surface area (Å²) in [6.07, 6.45) is 0.116. The van der Waals surface area contributed by atoms with Gasteiger partial charge in [0.2, 0.25) is 11.8 Å². The average molecular weight is 344 g/mol. The van der Waals surface area contributed by atoms with Crippen LogP contribution in [0.2, 0.25) is 0 Å². The van der Waals surface area contributed by atoms with Crippen LogP contribution in [0.25, 0.3) is 0 Å². The van der Waals surface area contributed by atoms with Crippen LogP contribution in [0.1, 0.15) is 16.1 Å². The minimum Gasteiger partial charge on any atom is -0.353 e. The standard InChI is InChI=1S/C16H16N4O3S/c21-13-9-20(7-6-17-13)14(22)8-12-10-24-16(18-12)19-15(23)11-4-2-1-3-5-11/h1-5,10H,6-9H2,(H,17,21)(H,18,19,23). The minimum absolute atomic E-state index is 0.0839. The van der Waals surface area contributed by atoms with Gasteiger partial charge in [-0.1, -0.05) is 18.2 Å². The van der Waals surface area contributed by atoms with E-state index < -0.39 is 0 Å². The summed E-state index contributed by atoms with van der Waals surface area (Å²) in [5.41, 5.74) is 1.13. The van der Waals surface area contributed by atoms with E-state index in [1.54, 1.807) is 29.6 Å². The Labute approximate surface area is 142 Å². The number of hydrogen-bond acceptors (Lipinski definition) is 5. The number of piperazine rings is 1. The van der Waals surface area contributed by atoms with Gasteiger partial charge in [-0.25, -0.2) is 4.98 Å². The van der Waals surface area contributed by atoms with Crippen molar-refractivity contribution in [3.05, 3.63) is 47.0 Å². The van der Waals surface area contributed by atoms with E-state index in [0.717, 1.165) is 0 Å². The lowest BCUT2D eigenvalue weighted by Crippen LogP contribution is -2.50. The summed E-state index contributed by atoms with van der Waals surface area (Å²) < 4.78 is 0. The highest BCUT2D eigenvalue weighted by molar-refractivity contribution is 7.14. The summed E-state index contributed by atoms with van der Waals surface area (Å²) in [6.45, 7) is 1.06. The number of benzene rings is 1. The van der Waals surface area contributed by atoms with E-state index in [0.29, 0.717) is 29.5 Å². The van der Waals surface area contributed by atoms with Gasteiger partial charge in [-0.2, -0.15) is 0 Å². The van der Waals surface area contributed by atoms with Gasteiger partial charge in [-0.15, -0.1) is 11.3 Å². The second-order valence-electron chi connectivity index (χ2n) is 5.31. The molecule has 24 heavy (non-hydrogen) atoms. The molecule has 0 aliphatic carbocycles. The third-order valence-corrected chi connectivity index (χ3v) is 4.34. The molecule has 2 aromatic rings. The number of nitrogens with one attached hydrogen (secondary N) is 2. The van der Waals surface area contributed by atoms with Crippen molar-refractivity contribution in [3.8, 4) is 0 Å². The third kappa shape index (κ3) is 3.96. The van der Waals surface area contributed by atoms with Gasteiger partial charge in [-0.05, 0) is 12.1 Å². The van der Waals surface area contributed by atoms with Gasteiger partial charge in [0.15, 0.2) is 5.13 Å². The SMILES string of the molecule is O=C1CN(C(=O)Cc2csc(NC(=O)c3ccccc3)n2)CCN1. The maximum absolute atomic E-state index is 12.2. The molecule has 1 aromatic heterocycles. The van der Waals surface area contributed by atoms with E-state index in [1.165, 1.54) is 16.2 Å². The summed E-state index contributed by atoms with van der Waals surface area (Å²) in [4.78, 5) is 41.4. The molecule has 1 saturated heterocycles. The van der Waals surface area contributed by atoms with Gasteiger partial charge >= 0.3 is 0 Å². The summed E-state index contributed by atoms with van der Waals surface area (Å²) in [5, 5.41) is 7.58. The number of rotatable bonds is 4. The summed E-state index contributed by atoms with van der Waals surface area (Å²) in [7, 11) is 0. The topological polar surface area (TPSA) is 91.4 Å².